The second-order valence-corrected chi connectivity index (χ2v) is 5.81. The smallest absolute Gasteiger partial charge is 0.150 e. The van der Waals surface area contributed by atoms with Crippen LogP contribution in [0.5, 0.6) is 0 Å². The Morgan fingerprint density at radius 1 is 1.25 bits per heavy atom. The maximum atomic E-state index is 5.34. The van der Waals surface area contributed by atoms with E-state index in [0.29, 0.717) is 6.04 Å². The van der Waals surface area contributed by atoms with Crippen LogP contribution in [0, 0.1) is 20.8 Å². The number of hydrogen-bond donors (Lipinski definition) is 0. The third-order valence-corrected chi connectivity index (χ3v) is 4.02. The minimum absolute atomic E-state index is 0.540. The standard InChI is InChI=1S/C15H22N4O/c1-11-7-13(3)19(16-11)9-14-5-4-6-18(14)10-15-8-12(2)17-20-15/h7-8,14H,4-6,9-10H2,1-3H3/t14-/m0/s1. The number of nitrogens with zero attached hydrogens (tertiary/aromatic N) is 4. The average molecular weight is 274 g/mol. The van der Waals surface area contributed by atoms with E-state index in [4.69, 9.17) is 4.52 Å². The monoisotopic (exact) mass is 274 g/mol. The van der Waals surface area contributed by atoms with Crippen molar-refractivity contribution in [2.45, 2.75) is 52.7 Å². The molecule has 5 nitrogen and oxygen atoms in total. The van der Waals surface area contributed by atoms with Crippen LogP contribution in [0.25, 0.3) is 0 Å². The van der Waals surface area contributed by atoms with Gasteiger partial charge in [0.15, 0.2) is 5.76 Å². The third-order valence-electron chi connectivity index (χ3n) is 4.02. The van der Waals surface area contributed by atoms with E-state index in [1.807, 2.05) is 19.9 Å². The quantitative estimate of drug-likeness (QED) is 0.859. The summed E-state index contributed by atoms with van der Waals surface area (Å²) >= 11 is 0. The lowest BCUT2D eigenvalue weighted by Crippen LogP contribution is -2.33. The molecule has 5 heteroatoms. The molecule has 20 heavy (non-hydrogen) atoms. The summed E-state index contributed by atoms with van der Waals surface area (Å²) < 4.78 is 7.47. The Morgan fingerprint density at radius 2 is 2.10 bits per heavy atom. The van der Waals surface area contributed by atoms with Crippen LogP contribution in [-0.2, 0) is 13.1 Å². The lowest BCUT2D eigenvalue weighted by atomic mass is 10.2. The van der Waals surface area contributed by atoms with Crippen LogP contribution < -0.4 is 0 Å². The average Bonchev–Trinajstić information content (AvgIpc) is 3.05. The molecule has 1 atom stereocenters. The van der Waals surface area contributed by atoms with Gasteiger partial charge in [-0.3, -0.25) is 9.58 Å². The van der Waals surface area contributed by atoms with Crippen LogP contribution in [0.2, 0.25) is 0 Å². The molecule has 1 saturated heterocycles. The minimum Gasteiger partial charge on any atom is -0.360 e. The van der Waals surface area contributed by atoms with Gasteiger partial charge in [0.05, 0.1) is 24.5 Å². The number of aryl methyl sites for hydroxylation is 3. The van der Waals surface area contributed by atoms with Crippen molar-refractivity contribution in [3.63, 3.8) is 0 Å². The summed E-state index contributed by atoms with van der Waals surface area (Å²) in [6, 6.07) is 4.70. The zero-order chi connectivity index (χ0) is 14.1. The molecule has 0 amide bonds. The normalized spacial score (nSPS) is 19.9. The topological polar surface area (TPSA) is 47.1 Å². The zero-order valence-electron chi connectivity index (χ0n) is 12.5. The molecule has 0 spiro atoms. The Balaban J connectivity index is 1.67. The lowest BCUT2D eigenvalue weighted by molar-refractivity contribution is 0.194. The van der Waals surface area contributed by atoms with E-state index in [0.717, 1.165) is 36.8 Å². The largest absolute Gasteiger partial charge is 0.360 e. The summed E-state index contributed by atoms with van der Waals surface area (Å²) in [7, 11) is 0. The van der Waals surface area contributed by atoms with Crippen molar-refractivity contribution >= 4 is 0 Å². The molecule has 3 rings (SSSR count). The van der Waals surface area contributed by atoms with Gasteiger partial charge in [0.2, 0.25) is 0 Å². The number of aromatic nitrogens is 3. The van der Waals surface area contributed by atoms with Gasteiger partial charge in [0.25, 0.3) is 0 Å². The second kappa shape index (κ2) is 5.40. The first-order chi connectivity index (χ1) is 9.61. The molecule has 1 aliphatic heterocycles. The molecule has 108 valence electrons. The van der Waals surface area contributed by atoms with Crippen LogP contribution in [0.3, 0.4) is 0 Å². The van der Waals surface area contributed by atoms with Gasteiger partial charge < -0.3 is 4.52 Å². The van der Waals surface area contributed by atoms with Gasteiger partial charge >= 0.3 is 0 Å². The van der Waals surface area contributed by atoms with Crippen molar-refractivity contribution in [1.29, 1.82) is 0 Å². The number of hydrogen-bond acceptors (Lipinski definition) is 4. The molecule has 0 aliphatic carbocycles. The Labute approximate surface area is 119 Å². The minimum atomic E-state index is 0.540. The van der Waals surface area contributed by atoms with E-state index in [2.05, 4.69) is 32.8 Å². The summed E-state index contributed by atoms with van der Waals surface area (Å²) in [4.78, 5) is 2.48. The first kappa shape index (κ1) is 13.4. The van der Waals surface area contributed by atoms with Gasteiger partial charge in [-0.25, -0.2) is 0 Å². The van der Waals surface area contributed by atoms with Crippen LogP contribution in [0.4, 0.5) is 0 Å². The highest BCUT2D eigenvalue weighted by Crippen LogP contribution is 2.22. The van der Waals surface area contributed by atoms with E-state index in [1.54, 1.807) is 0 Å². The van der Waals surface area contributed by atoms with Crippen molar-refractivity contribution in [3.05, 3.63) is 35.0 Å². The van der Waals surface area contributed by atoms with Gasteiger partial charge in [-0.05, 0) is 46.2 Å². The molecule has 1 aliphatic rings. The van der Waals surface area contributed by atoms with Crippen LogP contribution >= 0.6 is 0 Å². The fourth-order valence-corrected chi connectivity index (χ4v) is 3.06. The van der Waals surface area contributed by atoms with Crippen molar-refractivity contribution in [2.24, 2.45) is 0 Å². The highest BCUT2D eigenvalue weighted by molar-refractivity contribution is 5.07. The summed E-state index contributed by atoms with van der Waals surface area (Å²) in [6.07, 6.45) is 2.47. The molecule has 2 aromatic heterocycles. The zero-order valence-corrected chi connectivity index (χ0v) is 12.5. The Kier molecular flexibility index (Phi) is 3.61. The highest BCUT2D eigenvalue weighted by atomic mass is 16.5. The Morgan fingerprint density at radius 3 is 2.75 bits per heavy atom. The van der Waals surface area contributed by atoms with E-state index < -0.39 is 0 Å². The van der Waals surface area contributed by atoms with Gasteiger partial charge in [0.1, 0.15) is 0 Å². The predicted octanol–water partition coefficient (Wildman–Crippen LogP) is 2.46. The number of rotatable bonds is 4. The van der Waals surface area contributed by atoms with Gasteiger partial charge in [-0.2, -0.15) is 5.10 Å². The van der Waals surface area contributed by atoms with E-state index in [9.17, 15) is 0 Å². The first-order valence-corrected chi connectivity index (χ1v) is 7.29. The van der Waals surface area contributed by atoms with Gasteiger partial charge in [0, 0.05) is 17.8 Å². The predicted molar refractivity (Wildman–Crippen MR) is 76.4 cm³/mol. The van der Waals surface area contributed by atoms with Crippen molar-refractivity contribution < 1.29 is 4.52 Å². The van der Waals surface area contributed by atoms with E-state index >= 15 is 0 Å². The summed E-state index contributed by atoms with van der Waals surface area (Å²) in [5, 5.41) is 8.54. The molecule has 3 heterocycles. The van der Waals surface area contributed by atoms with Gasteiger partial charge in [-0.1, -0.05) is 5.16 Å². The van der Waals surface area contributed by atoms with E-state index in [1.165, 1.54) is 18.5 Å². The summed E-state index contributed by atoms with van der Waals surface area (Å²) in [5.74, 6) is 0.961. The number of likely N-dealkylation sites (tertiary alicyclic amines) is 1. The SMILES string of the molecule is Cc1cc(CN2CCC[C@H]2Cn2nc(C)cc2C)on1. The van der Waals surface area contributed by atoms with Crippen molar-refractivity contribution in [1.82, 2.24) is 19.8 Å². The van der Waals surface area contributed by atoms with Crippen LogP contribution in [0.1, 0.15) is 35.7 Å². The summed E-state index contributed by atoms with van der Waals surface area (Å²) in [5.41, 5.74) is 3.29. The fourth-order valence-electron chi connectivity index (χ4n) is 3.06. The molecular formula is C15H22N4O. The molecule has 0 N–H and O–H groups in total. The molecule has 1 fully saturated rings. The third kappa shape index (κ3) is 2.77. The van der Waals surface area contributed by atoms with Crippen molar-refractivity contribution in [3.8, 4) is 0 Å². The van der Waals surface area contributed by atoms with Crippen LogP contribution in [0.15, 0.2) is 16.7 Å². The summed E-state index contributed by atoms with van der Waals surface area (Å²) in [6.45, 7) is 9.08. The molecule has 0 aromatic carbocycles. The molecule has 0 unspecified atom stereocenters. The van der Waals surface area contributed by atoms with E-state index in [-0.39, 0.29) is 0 Å². The Hall–Kier alpha value is -1.62. The molecule has 0 radical (unpaired) electrons. The Bertz CT molecular complexity index is 586. The van der Waals surface area contributed by atoms with Crippen LogP contribution in [-0.4, -0.2) is 32.4 Å². The maximum Gasteiger partial charge on any atom is 0.150 e. The maximum absolute atomic E-state index is 5.34. The molecule has 0 bridgehead atoms. The van der Waals surface area contributed by atoms with Gasteiger partial charge in [-0.15, -0.1) is 0 Å². The highest BCUT2D eigenvalue weighted by Gasteiger charge is 2.26. The molecule has 2 aromatic rings. The second-order valence-electron chi connectivity index (χ2n) is 5.81. The lowest BCUT2D eigenvalue weighted by Gasteiger charge is -2.23. The van der Waals surface area contributed by atoms with Crippen molar-refractivity contribution in [2.75, 3.05) is 6.54 Å². The molecular weight excluding hydrogens is 252 g/mol. The molecule has 0 saturated carbocycles. The first-order valence-electron chi connectivity index (χ1n) is 7.29. The fraction of sp³-hybridized carbons (Fsp3) is 0.600.